The summed E-state index contributed by atoms with van der Waals surface area (Å²) in [6, 6.07) is 14.0. The molecule has 0 unspecified atom stereocenters. The second-order valence-corrected chi connectivity index (χ2v) is 7.74. The van der Waals surface area contributed by atoms with Gasteiger partial charge in [-0.15, -0.1) is 0 Å². The number of carbonyl (C=O) groups is 1. The maximum absolute atomic E-state index is 12.3. The standard InChI is InChI=1S/C24H33N3O3/c1-4-29-21-8-10-22(11-9-21)30-17-12-25-24(28)18-26-13-15-27(16-14-26)23-7-5-6-19(2)20(23)3/h5-11H,4,12-18H2,1-3H3,(H,25,28)/p+1. The lowest BCUT2D eigenvalue weighted by Crippen LogP contribution is -3.16. The first-order valence-electron chi connectivity index (χ1n) is 10.8. The zero-order valence-corrected chi connectivity index (χ0v) is 18.4. The van der Waals surface area contributed by atoms with Crippen LogP contribution in [0, 0.1) is 13.8 Å². The number of aryl methyl sites for hydroxylation is 1. The third-order valence-corrected chi connectivity index (χ3v) is 5.63. The molecule has 1 aliphatic rings. The van der Waals surface area contributed by atoms with Crippen LogP contribution in [-0.4, -0.2) is 58.4 Å². The molecule has 1 saturated heterocycles. The molecule has 0 aromatic heterocycles. The molecule has 30 heavy (non-hydrogen) atoms. The molecular weight excluding hydrogens is 378 g/mol. The Kier molecular flexibility index (Phi) is 7.97. The molecule has 6 nitrogen and oxygen atoms in total. The highest BCUT2D eigenvalue weighted by molar-refractivity contribution is 5.76. The molecule has 0 bridgehead atoms. The van der Waals surface area contributed by atoms with E-state index in [2.05, 4.69) is 42.3 Å². The molecule has 0 spiro atoms. The van der Waals surface area contributed by atoms with Crippen molar-refractivity contribution in [1.29, 1.82) is 0 Å². The number of nitrogens with zero attached hydrogens (tertiary/aromatic N) is 1. The molecule has 1 aliphatic heterocycles. The monoisotopic (exact) mass is 412 g/mol. The van der Waals surface area contributed by atoms with Gasteiger partial charge in [-0.25, -0.2) is 0 Å². The van der Waals surface area contributed by atoms with Crippen molar-refractivity contribution in [3.63, 3.8) is 0 Å². The Morgan fingerprint density at radius 1 is 1.03 bits per heavy atom. The van der Waals surface area contributed by atoms with Crippen LogP contribution >= 0.6 is 0 Å². The van der Waals surface area contributed by atoms with Crippen molar-refractivity contribution in [3.8, 4) is 11.5 Å². The van der Waals surface area contributed by atoms with E-state index in [9.17, 15) is 4.79 Å². The third kappa shape index (κ3) is 6.13. The summed E-state index contributed by atoms with van der Waals surface area (Å²) in [7, 11) is 0. The minimum Gasteiger partial charge on any atom is -0.494 e. The first-order valence-corrected chi connectivity index (χ1v) is 10.8. The summed E-state index contributed by atoms with van der Waals surface area (Å²) in [6.45, 7) is 12.3. The van der Waals surface area contributed by atoms with Crippen molar-refractivity contribution in [2.75, 3.05) is 57.4 Å². The van der Waals surface area contributed by atoms with Crippen LogP contribution in [-0.2, 0) is 4.79 Å². The number of piperazine rings is 1. The Morgan fingerprint density at radius 3 is 2.37 bits per heavy atom. The number of quaternary nitrogens is 1. The Bertz CT molecular complexity index is 815. The molecule has 2 N–H and O–H groups in total. The number of rotatable bonds is 9. The second-order valence-electron chi connectivity index (χ2n) is 7.74. The van der Waals surface area contributed by atoms with E-state index in [1.54, 1.807) is 0 Å². The molecule has 0 radical (unpaired) electrons. The highest BCUT2D eigenvalue weighted by atomic mass is 16.5. The Labute approximate surface area is 179 Å². The highest BCUT2D eigenvalue weighted by Gasteiger charge is 2.23. The van der Waals surface area contributed by atoms with Gasteiger partial charge >= 0.3 is 0 Å². The number of ether oxygens (including phenoxy) is 2. The molecule has 1 fully saturated rings. The fourth-order valence-corrected chi connectivity index (χ4v) is 3.77. The Balaban J connectivity index is 1.33. The number of carbonyl (C=O) groups excluding carboxylic acids is 1. The van der Waals surface area contributed by atoms with Gasteiger partial charge in [0.05, 0.1) is 39.3 Å². The van der Waals surface area contributed by atoms with E-state index in [0.29, 0.717) is 26.3 Å². The molecular formula is C24H34N3O3+. The Hall–Kier alpha value is -2.73. The molecule has 0 aliphatic carbocycles. The molecule has 6 heteroatoms. The number of hydrogen-bond acceptors (Lipinski definition) is 4. The molecule has 2 aromatic carbocycles. The lowest BCUT2D eigenvalue weighted by Gasteiger charge is -2.34. The number of benzene rings is 2. The minimum absolute atomic E-state index is 0.0838. The summed E-state index contributed by atoms with van der Waals surface area (Å²) in [5.41, 5.74) is 4.00. The van der Waals surface area contributed by atoms with Crippen molar-refractivity contribution in [2.24, 2.45) is 0 Å². The molecule has 2 aromatic rings. The van der Waals surface area contributed by atoms with Gasteiger partial charge in [-0.2, -0.15) is 0 Å². The van der Waals surface area contributed by atoms with E-state index in [4.69, 9.17) is 9.47 Å². The van der Waals surface area contributed by atoms with Crippen LogP contribution in [0.15, 0.2) is 42.5 Å². The van der Waals surface area contributed by atoms with Gasteiger partial charge in [-0.1, -0.05) is 12.1 Å². The average molecular weight is 413 g/mol. The minimum atomic E-state index is 0.0838. The van der Waals surface area contributed by atoms with E-state index >= 15 is 0 Å². The zero-order valence-electron chi connectivity index (χ0n) is 18.4. The average Bonchev–Trinajstić information content (AvgIpc) is 2.75. The van der Waals surface area contributed by atoms with Crippen LogP contribution in [0.4, 0.5) is 5.69 Å². The van der Waals surface area contributed by atoms with Crippen LogP contribution in [0.1, 0.15) is 18.1 Å². The van der Waals surface area contributed by atoms with Gasteiger partial charge in [0.15, 0.2) is 6.54 Å². The van der Waals surface area contributed by atoms with E-state index in [1.165, 1.54) is 21.7 Å². The van der Waals surface area contributed by atoms with Crippen molar-refractivity contribution < 1.29 is 19.2 Å². The van der Waals surface area contributed by atoms with Crippen LogP contribution in [0.3, 0.4) is 0 Å². The lowest BCUT2D eigenvalue weighted by molar-refractivity contribution is -0.892. The smallest absolute Gasteiger partial charge is 0.275 e. The van der Waals surface area contributed by atoms with Crippen molar-refractivity contribution >= 4 is 11.6 Å². The molecule has 162 valence electrons. The highest BCUT2D eigenvalue weighted by Crippen LogP contribution is 2.22. The Morgan fingerprint density at radius 2 is 1.70 bits per heavy atom. The van der Waals surface area contributed by atoms with Gasteiger partial charge in [0.1, 0.15) is 18.1 Å². The summed E-state index contributed by atoms with van der Waals surface area (Å²) in [5, 5.41) is 2.97. The normalized spacial score (nSPS) is 14.4. The zero-order chi connectivity index (χ0) is 21.3. The molecule has 3 rings (SSSR count). The summed E-state index contributed by atoms with van der Waals surface area (Å²) >= 11 is 0. The van der Waals surface area contributed by atoms with Crippen LogP contribution in [0.5, 0.6) is 11.5 Å². The van der Waals surface area contributed by atoms with E-state index in [1.807, 2.05) is 31.2 Å². The van der Waals surface area contributed by atoms with E-state index in [-0.39, 0.29) is 5.91 Å². The van der Waals surface area contributed by atoms with Gasteiger partial charge in [-0.3, -0.25) is 4.79 Å². The summed E-state index contributed by atoms with van der Waals surface area (Å²) in [6.07, 6.45) is 0. The quantitative estimate of drug-likeness (QED) is 0.615. The van der Waals surface area contributed by atoms with Crippen LogP contribution in [0.25, 0.3) is 0 Å². The summed E-state index contributed by atoms with van der Waals surface area (Å²) < 4.78 is 11.1. The predicted molar refractivity (Wildman–Crippen MR) is 120 cm³/mol. The number of nitrogens with one attached hydrogen (secondary N) is 2. The first kappa shape index (κ1) is 22.0. The fourth-order valence-electron chi connectivity index (χ4n) is 3.77. The SMILES string of the molecule is CCOc1ccc(OCCNC(=O)C[NH+]2CCN(c3cccc(C)c3C)CC2)cc1. The third-order valence-electron chi connectivity index (χ3n) is 5.63. The maximum atomic E-state index is 12.3. The topological polar surface area (TPSA) is 55.2 Å². The van der Waals surface area contributed by atoms with Gasteiger partial charge in [-0.05, 0) is 62.2 Å². The van der Waals surface area contributed by atoms with E-state index < -0.39 is 0 Å². The molecule has 1 heterocycles. The molecule has 0 saturated carbocycles. The van der Waals surface area contributed by atoms with Gasteiger partial charge in [0, 0.05) is 5.69 Å². The molecule has 0 atom stereocenters. The summed E-state index contributed by atoms with van der Waals surface area (Å²) in [5.74, 6) is 1.69. The van der Waals surface area contributed by atoms with Crippen molar-refractivity contribution in [3.05, 3.63) is 53.6 Å². The lowest BCUT2D eigenvalue weighted by atomic mass is 10.1. The van der Waals surface area contributed by atoms with Gasteiger partial charge < -0.3 is 24.6 Å². The first-order chi connectivity index (χ1) is 14.6. The molecule has 1 amide bonds. The van der Waals surface area contributed by atoms with Crippen LogP contribution in [0.2, 0.25) is 0 Å². The van der Waals surface area contributed by atoms with Crippen molar-refractivity contribution in [1.82, 2.24) is 5.32 Å². The maximum Gasteiger partial charge on any atom is 0.275 e. The number of hydrogen-bond donors (Lipinski definition) is 2. The van der Waals surface area contributed by atoms with Gasteiger partial charge in [0.2, 0.25) is 0 Å². The van der Waals surface area contributed by atoms with Crippen LogP contribution < -0.4 is 24.6 Å². The predicted octanol–water partition coefficient (Wildman–Crippen LogP) is 1.60. The van der Waals surface area contributed by atoms with E-state index in [0.717, 1.165) is 37.7 Å². The largest absolute Gasteiger partial charge is 0.494 e. The van der Waals surface area contributed by atoms with Crippen molar-refractivity contribution in [2.45, 2.75) is 20.8 Å². The van der Waals surface area contributed by atoms with Gasteiger partial charge in [0.25, 0.3) is 5.91 Å². The number of amides is 1. The number of anilines is 1. The fraction of sp³-hybridized carbons (Fsp3) is 0.458. The summed E-state index contributed by atoms with van der Waals surface area (Å²) in [4.78, 5) is 16.0. The second kappa shape index (κ2) is 10.9.